The summed E-state index contributed by atoms with van der Waals surface area (Å²) in [6.45, 7) is 5.00. The molecule has 1 aliphatic heterocycles. The van der Waals surface area contributed by atoms with Crippen LogP contribution in [-0.4, -0.2) is 29.2 Å². The number of aliphatic hydroxyl groups is 1. The fraction of sp³-hybridized carbons (Fsp3) is 0.636. The molecule has 1 fully saturated rings. The average molecular weight is 290 g/mol. The number of thiophene rings is 1. The van der Waals surface area contributed by atoms with E-state index >= 15 is 0 Å². The molecule has 0 aliphatic carbocycles. The summed E-state index contributed by atoms with van der Waals surface area (Å²) in [7, 11) is 0. The Labute approximate surface area is 103 Å². The van der Waals surface area contributed by atoms with Gasteiger partial charge in [-0.2, -0.15) is 0 Å². The standard InChI is InChI=1S/C11H16BrNOS/c1-8-2-4-13(6-10(8)14)7-11-9(12)3-5-15-11/h3,5,8,10,14H,2,4,6-7H2,1H3. The Morgan fingerprint density at radius 1 is 1.67 bits per heavy atom. The summed E-state index contributed by atoms with van der Waals surface area (Å²) in [6, 6.07) is 2.09. The minimum atomic E-state index is -0.155. The quantitative estimate of drug-likeness (QED) is 0.905. The van der Waals surface area contributed by atoms with Crippen LogP contribution >= 0.6 is 27.3 Å². The Kier molecular flexibility index (Phi) is 3.83. The van der Waals surface area contributed by atoms with Gasteiger partial charge in [-0.15, -0.1) is 11.3 Å². The number of nitrogens with zero attached hydrogens (tertiary/aromatic N) is 1. The lowest BCUT2D eigenvalue weighted by Crippen LogP contribution is -2.42. The molecule has 0 saturated carbocycles. The maximum Gasteiger partial charge on any atom is 0.0693 e. The van der Waals surface area contributed by atoms with E-state index in [1.54, 1.807) is 11.3 Å². The predicted molar refractivity (Wildman–Crippen MR) is 67.1 cm³/mol. The first-order valence-electron chi connectivity index (χ1n) is 5.29. The highest BCUT2D eigenvalue weighted by Gasteiger charge is 2.24. The van der Waals surface area contributed by atoms with Crippen LogP contribution in [0.5, 0.6) is 0 Å². The van der Waals surface area contributed by atoms with E-state index in [-0.39, 0.29) is 6.10 Å². The minimum absolute atomic E-state index is 0.155. The molecule has 2 atom stereocenters. The van der Waals surface area contributed by atoms with Crippen LogP contribution in [0, 0.1) is 5.92 Å². The molecule has 0 spiro atoms. The number of hydrogen-bond donors (Lipinski definition) is 1. The second-order valence-electron chi connectivity index (χ2n) is 4.26. The van der Waals surface area contributed by atoms with Gasteiger partial charge in [0.2, 0.25) is 0 Å². The Morgan fingerprint density at radius 3 is 3.07 bits per heavy atom. The van der Waals surface area contributed by atoms with Crippen LogP contribution in [0.25, 0.3) is 0 Å². The Bertz CT molecular complexity index is 328. The maximum atomic E-state index is 9.80. The van der Waals surface area contributed by atoms with Crippen molar-refractivity contribution in [1.82, 2.24) is 4.90 Å². The van der Waals surface area contributed by atoms with E-state index in [2.05, 4.69) is 39.2 Å². The second kappa shape index (κ2) is 4.95. The number of β-amino-alcohol motifs (C(OH)–C–C–N with tert-alkyl or cyclic N) is 1. The predicted octanol–water partition coefficient (Wildman–Crippen LogP) is 2.71. The summed E-state index contributed by atoms with van der Waals surface area (Å²) in [4.78, 5) is 3.69. The number of rotatable bonds is 2. The zero-order valence-electron chi connectivity index (χ0n) is 8.82. The zero-order chi connectivity index (χ0) is 10.8. The fourth-order valence-corrected chi connectivity index (χ4v) is 3.42. The molecule has 15 heavy (non-hydrogen) atoms. The van der Waals surface area contributed by atoms with Crippen molar-refractivity contribution in [3.8, 4) is 0 Å². The lowest BCUT2D eigenvalue weighted by Gasteiger charge is -2.34. The van der Waals surface area contributed by atoms with Crippen molar-refractivity contribution in [2.24, 2.45) is 5.92 Å². The molecular formula is C11H16BrNOS. The van der Waals surface area contributed by atoms with Crippen LogP contribution in [0.1, 0.15) is 18.2 Å². The first-order valence-corrected chi connectivity index (χ1v) is 6.96. The van der Waals surface area contributed by atoms with E-state index in [0.29, 0.717) is 5.92 Å². The number of likely N-dealkylation sites (tertiary alicyclic amines) is 1. The molecule has 2 unspecified atom stereocenters. The molecule has 0 bridgehead atoms. The van der Waals surface area contributed by atoms with Crippen LogP contribution in [-0.2, 0) is 6.54 Å². The summed E-state index contributed by atoms with van der Waals surface area (Å²) < 4.78 is 1.20. The molecule has 1 aromatic rings. The third-order valence-electron chi connectivity index (χ3n) is 3.06. The van der Waals surface area contributed by atoms with Gasteiger partial charge in [0, 0.05) is 22.4 Å². The van der Waals surface area contributed by atoms with E-state index in [4.69, 9.17) is 0 Å². The van der Waals surface area contributed by atoms with Gasteiger partial charge in [-0.3, -0.25) is 4.90 Å². The number of halogens is 1. The maximum absolute atomic E-state index is 9.80. The van der Waals surface area contributed by atoms with Crippen molar-refractivity contribution in [2.45, 2.75) is 26.0 Å². The number of aliphatic hydroxyl groups excluding tert-OH is 1. The van der Waals surface area contributed by atoms with E-state index in [9.17, 15) is 5.11 Å². The van der Waals surface area contributed by atoms with Crippen LogP contribution in [0.2, 0.25) is 0 Å². The van der Waals surface area contributed by atoms with Gasteiger partial charge in [-0.05, 0) is 46.3 Å². The van der Waals surface area contributed by atoms with Crippen molar-refractivity contribution >= 4 is 27.3 Å². The van der Waals surface area contributed by atoms with Crippen molar-refractivity contribution in [2.75, 3.05) is 13.1 Å². The Morgan fingerprint density at radius 2 is 2.47 bits per heavy atom. The largest absolute Gasteiger partial charge is 0.392 e. The van der Waals surface area contributed by atoms with Crippen molar-refractivity contribution in [3.05, 3.63) is 20.8 Å². The lowest BCUT2D eigenvalue weighted by atomic mass is 9.96. The molecular weight excluding hydrogens is 274 g/mol. The molecule has 0 radical (unpaired) electrons. The minimum Gasteiger partial charge on any atom is -0.392 e. The first kappa shape index (κ1) is 11.6. The van der Waals surface area contributed by atoms with Crippen LogP contribution < -0.4 is 0 Å². The van der Waals surface area contributed by atoms with E-state index < -0.39 is 0 Å². The molecule has 1 saturated heterocycles. The molecule has 1 N–H and O–H groups in total. The lowest BCUT2D eigenvalue weighted by molar-refractivity contribution is 0.0262. The monoisotopic (exact) mass is 289 g/mol. The normalized spacial score (nSPS) is 28.2. The molecule has 2 heterocycles. The molecule has 2 rings (SSSR count). The first-order chi connectivity index (χ1) is 7.16. The molecule has 0 aromatic carbocycles. The summed E-state index contributed by atoms with van der Waals surface area (Å²) in [6.07, 6.45) is 0.946. The third kappa shape index (κ3) is 2.81. The van der Waals surface area contributed by atoms with E-state index in [0.717, 1.165) is 26.1 Å². The summed E-state index contributed by atoms with van der Waals surface area (Å²) in [5.74, 6) is 0.452. The summed E-state index contributed by atoms with van der Waals surface area (Å²) in [5, 5.41) is 11.9. The fourth-order valence-electron chi connectivity index (χ4n) is 1.90. The molecule has 1 aromatic heterocycles. The van der Waals surface area contributed by atoms with Gasteiger partial charge < -0.3 is 5.11 Å². The molecule has 4 heteroatoms. The Balaban J connectivity index is 1.94. The highest BCUT2D eigenvalue weighted by Crippen LogP contribution is 2.26. The SMILES string of the molecule is CC1CCN(Cc2sccc2Br)CC1O. The van der Waals surface area contributed by atoms with Crippen molar-refractivity contribution in [1.29, 1.82) is 0 Å². The topological polar surface area (TPSA) is 23.5 Å². The smallest absolute Gasteiger partial charge is 0.0693 e. The van der Waals surface area contributed by atoms with Crippen molar-refractivity contribution < 1.29 is 5.11 Å². The molecule has 2 nitrogen and oxygen atoms in total. The zero-order valence-corrected chi connectivity index (χ0v) is 11.2. The number of hydrogen-bond acceptors (Lipinski definition) is 3. The van der Waals surface area contributed by atoms with Crippen LogP contribution in [0.4, 0.5) is 0 Å². The van der Waals surface area contributed by atoms with Gasteiger partial charge in [-0.25, -0.2) is 0 Å². The summed E-state index contributed by atoms with van der Waals surface area (Å²) in [5.41, 5.74) is 0. The van der Waals surface area contributed by atoms with Gasteiger partial charge in [-0.1, -0.05) is 6.92 Å². The van der Waals surface area contributed by atoms with Crippen molar-refractivity contribution in [3.63, 3.8) is 0 Å². The summed E-state index contributed by atoms with van der Waals surface area (Å²) >= 11 is 5.32. The van der Waals surface area contributed by atoms with Crippen LogP contribution in [0.3, 0.4) is 0 Å². The third-order valence-corrected chi connectivity index (χ3v) is 4.97. The second-order valence-corrected chi connectivity index (χ2v) is 6.12. The van der Waals surface area contributed by atoms with Gasteiger partial charge in [0.05, 0.1) is 6.10 Å². The van der Waals surface area contributed by atoms with Gasteiger partial charge in [0.15, 0.2) is 0 Å². The highest BCUT2D eigenvalue weighted by molar-refractivity contribution is 9.10. The molecule has 0 amide bonds. The Hall–Kier alpha value is 0.1000. The number of piperidine rings is 1. The highest BCUT2D eigenvalue weighted by atomic mass is 79.9. The van der Waals surface area contributed by atoms with E-state index in [1.165, 1.54) is 9.35 Å². The van der Waals surface area contributed by atoms with Crippen LogP contribution in [0.15, 0.2) is 15.9 Å². The molecule has 1 aliphatic rings. The van der Waals surface area contributed by atoms with Gasteiger partial charge >= 0.3 is 0 Å². The van der Waals surface area contributed by atoms with Gasteiger partial charge in [0.25, 0.3) is 0 Å². The molecule has 84 valence electrons. The van der Waals surface area contributed by atoms with E-state index in [1.807, 2.05) is 0 Å². The van der Waals surface area contributed by atoms with Gasteiger partial charge in [0.1, 0.15) is 0 Å². The average Bonchev–Trinajstić information content (AvgIpc) is 2.59.